The number of carbonyl (C=O) groups is 1. The largest absolute Gasteiger partial charge is 0.342 e. The van der Waals surface area contributed by atoms with Crippen LogP contribution >= 0.6 is 0 Å². The van der Waals surface area contributed by atoms with E-state index in [0.29, 0.717) is 18.8 Å². The molecule has 5 heteroatoms. The molecule has 1 fully saturated rings. The number of nitrogens with zero attached hydrogens (tertiary/aromatic N) is 3. The van der Waals surface area contributed by atoms with Crippen molar-refractivity contribution in [1.29, 1.82) is 0 Å². The average molecular weight is 311 g/mol. The van der Waals surface area contributed by atoms with E-state index in [2.05, 4.69) is 42.2 Å². The highest BCUT2D eigenvalue weighted by Gasteiger charge is 2.27. The number of para-hydroxylation sites is 1. The topological polar surface area (TPSA) is 39.4 Å². The second-order valence-electron chi connectivity index (χ2n) is 6.40. The minimum atomic E-state index is -0.0449. The van der Waals surface area contributed by atoms with Crippen molar-refractivity contribution in [2.24, 2.45) is 7.05 Å². The van der Waals surface area contributed by atoms with Gasteiger partial charge in [-0.05, 0) is 32.4 Å². The Labute approximate surface area is 135 Å². The van der Waals surface area contributed by atoms with Gasteiger partial charge in [-0.2, -0.15) is 0 Å². The zero-order valence-electron chi connectivity index (χ0n) is 13.7. The minimum absolute atomic E-state index is 0.0449. The first-order chi connectivity index (χ1) is 11.1. The van der Waals surface area contributed by atoms with Crippen molar-refractivity contribution in [3.05, 3.63) is 36.0 Å². The van der Waals surface area contributed by atoms with Gasteiger partial charge >= 0.3 is 0 Å². The maximum atomic E-state index is 12.9. The Morgan fingerprint density at radius 1 is 1.22 bits per heavy atom. The molecule has 0 spiro atoms. The molecule has 1 saturated heterocycles. The number of benzene rings is 1. The Morgan fingerprint density at radius 2 is 2.00 bits per heavy atom. The lowest BCUT2D eigenvalue weighted by atomic mass is 10.2. The molecule has 120 valence electrons. The first-order valence-corrected chi connectivity index (χ1v) is 8.12. The predicted octanol–water partition coefficient (Wildman–Crippen LogP) is 3.49. The second kappa shape index (κ2) is 5.13. The van der Waals surface area contributed by atoms with Gasteiger partial charge in [0.1, 0.15) is 5.69 Å². The lowest BCUT2D eigenvalue weighted by Gasteiger charge is -2.18. The molecule has 0 radical (unpaired) electrons. The van der Waals surface area contributed by atoms with Crippen LogP contribution in [0.25, 0.3) is 21.9 Å². The zero-order valence-corrected chi connectivity index (χ0v) is 13.7. The molecule has 0 bridgehead atoms. The molecule has 2 aromatic heterocycles. The number of aryl methyl sites for hydroxylation is 1. The molecule has 0 aliphatic carbocycles. The summed E-state index contributed by atoms with van der Waals surface area (Å²) < 4.78 is 4.30. The van der Waals surface area contributed by atoms with Gasteiger partial charge in [-0.15, -0.1) is 0 Å². The van der Waals surface area contributed by atoms with Gasteiger partial charge in [0, 0.05) is 18.5 Å². The molecule has 0 N–H and O–H groups in total. The second-order valence-corrected chi connectivity index (χ2v) is 6.40. The molecule has 3 aromatic rings. The quantitative estimate of drug-likeness (QED) is 0.727. The number of hydroxylamine groups is 2. The molecule has 0 saturated carbocycles. The number of fused-ring (bicyclic) bond motifs is 3. The van der Waals surface area contributed by atoms with E-state index in [1.807, 2.05) is 18.2 Å². The molecule has 1 aromatic carbocycles. The lowest BCUT2D eigenvalue weighted by Crippen LogP contribution is -2.29. The highest BCUT2D eigenvalue weighted by Crippen LogP contribution is 2.33. The summed E-state index contributed by atoms with van der Waals surface area (Å²) in [7, 11) is 2.05. The van der Waals surface area contributed by atoms with Gasteiger partial charge in [0.2, 0.25) is 0 Å². The maximum absolute atomic E-state index is 12.9. The Kier molecular flexibility index (Phi) is 3.20. The van der Waals surface area contributed by atoms with E-state index >= 15 is 0 Å². The van der Waals surface area contributed by atoms with E-state index in [1.54, 1.807) is 0 Å². The Bertz CT molecular complexity index is 898. The Morgan fingerprint density at radius 3 is 2.70 bits per heavy atom. The van der Waals surface area contributed by atoms with Gasteiger partial charge in [-0.25, -0.2) is 5.06 Å². The van der Waals surface area contributed by atoms with Crippen LogP contribution in [0.1, 0.15) is 36.8 Å². The fraction of sp³-hybridized carbons (Fsp3) is 0.389. The summed E-state index contributed by atoms with van der Waals surface area (Å²) in [6.07, 6.45) is 0.899. The monoisotopic (exact) mass is 311 g/mol. The number of hydrogen-bond donors (Lipinski definition) is 0. The summed E-state index contributed by atoms with van der Waals surface area (Å²) in [6.45, 7) is 5.52. The van der Waals surface area contributed by atoms with E-state index < -0.39 is 0 Å². The van der Waals surface area contributed by atoms with Crippen molar-refractivity contribution in [3.63, 3.8) is 0 Å². The molecule has 5 nitrogen and oxygen atoms in total. The summed E-state index contributed by atoms with van der Waals surface area (Å²) in [6, 6.07) is 10.5. The molecule has 4 rings (SSSR count). The van der Waals surface area contributed by atoms with Crippen LogP contribution in [0.2, 0.25) is 0 Å². The van der Waals surface area contributed by atoms with E-state index in [0.717, 1.165) is 17.5 Å². The first kappa shape index (κ1) is 14.3. The summed E-state index contributed by atoms with van der Waals surface area (Å²) >= 11 is 0. The van der Waals surface area contributed by atoms with Crippen LogP contribution in [0.5, 0.6) is 0 Å². The highest BCUT2D eigenvalue weighted by molar-refractivity contribution is 6.10. The van der Waals surface area contributed by atoms with Crippen molar-refractivity contribution >= 4 is 27.8 Å². The summed E-state index contributed by atoms with van der Waals surface area (Å²) in [4.78, 5) is 18.3. The lowest BCUT2D eigenvalue weighted by molar-refractivity contribution is -0.0774. The fourth-order valence-corrected chi connectivity index (χ4v) is 3.57. The van der Waals surface area contributed by atoms with Gasteiger partial charge in [0.15, 0.2) is 0 Å². The molecule has 0 atom stereocenters. The Balaban J connectivity index is 2.00. The summed E-state index contributed by atoms with van der Waals surface area (Å²) in [5.41, 5.74) is 4.10. The Hall–Kier alpha value is -2.27. The van der Waals surface area contributed by atoms with Gasteiger partial charge in [0.05, 0.1) is 29.7 Å². The van der Waals surface area contributed by atoms with Gasteiger partial charge in [-0.1, -0.05) is 18.2 Å². The van der Waals surface area contributed by atoms with Crippen LogP contribution in [0.15, 0.2) is 30.3 Å². The minimum Gasteiger partial charge on any atom is -0.342 e. The van der Waals surface area contributed by atoms with Gasteiger partial charge < -0.3 is 9.13 Å². The van der Waals surface area contributed by atoms with E-state index in [1.165, 1.54) is 16.0 Å². The number of rotatable bonds is 2. The molecule has 0 unspecified atom stereocenters. The maximum Gasteiger partial charge on any atom is 0.294 e. The van der Waals surface area contributed by atoms with Crippen LogP contribution < -0.4 is 0 Å². The zero-order chi connectivity index (χ0) is 16.1. The summed E-state index contributed by atoms with van der Waals surface area (Å²) in [5, 5.41) is 2.68. The highest BCUT2D eigenvalue weighted by atomic mass is 16.7. The van der Waals surface area contributed by atoms with E-state index in [9.17, 15) is 4.79 Å². The third-order valence-electron chi connectivity index (χ3n) is 4.61. The van der Waals surface area contributed by atoms with Crippen molar-refractivity contribution in [2.75, 3.05) is 13.2 Å². The van der Waals surface area contributed by atoms with E-state index in [4.69, 9.17) is 4.84 Å². The molecule has 23 heavy (non-hydrogen) atoms. The average Bonchev–Trinajstić information content (AvgIpc) is 3.24. The molecular weight excluding hydrogens is 290 g/mol. The van der Waals surface area contributed by atoms with Crippen molar-refractivity contribution < 1.29 is 9.63 Å². The summed E-state index contributed by atoms with van der Waals surface area (Å²) in [5.74, 6) is -0.0449. The molecular formula is C18H21N3O2. The molecule has 3 heterocycles. The third kappa shape index (κ3) is 2.00. The van der Waals surface area contributed by atoms with Crippen molar-refractivity contribution in [3.8, 4) is 0 Å². The first-order valence-electron chi connectivity index (χ1n) is 8.12. The number of hydrogen-bond acceptors (Lipinski definition) is 2. The standard InChI is InChI=1S/C18H21N3O2/c1-12(2)21-16(18(22)20-9-6-10-23-20)11-15-17(21)13-7-4-5-8-14(13)19(15)3/h4-5,7-8,11-12H,6,9-10H2,1-3H3. The number of aromatic nitrogens is 2. The van der Waals surface area contributed by atoms with Crippen LogP contribution in [0, 0.1) is 0 Å². The van der Waals surface area contributed by atoms with Gasteiger partial charge in [0.25, 0.3) is 5.91 Å². The number of amides is 1. The van der Waals surface area contributed by atoms with Crippen LogP contribution in [0.4, 0.5) is 0 Å². The third-order valence-corrected chi connectivity index (χ3v) is 4.61. The molecule has 1 aliphatic rings. The van der Waals surface area contributed by atoms with Crippen LogP contribution in [-0.2, 0) is 11.9 Å². The SMILES string of the molecule is CC(C)n1c(C(=O)N2CCCO2)cc2c1c1ccccc1n2C. The normalized spacial score (nSPS) is 15.4. The fourth-order valence-electron chi connectivity index (χ4n) is 3.57. The van der Waals surface area contributed by atoms with Crippen LogP contribution in [0.3, 0.4) is 0 Å². The molecule has 1 amide bonds. The van der Waals surface area contributed by atoms with Gasteiger partial charge in [-0.3, -0.25) is 9.63 Å². The predicted molar refractivity (Wildman–Crippen MR) is 90.4 cm³/mol. The van der Waals surface area contributed by atoms with Crippen molar-refractivity contribution in [1.82, 2.24) is 14.2 Å². The van der Waals surface area contributed by atoms with Crippen molar-refractivity contribution in [2.45, 2.75) is 26.3 Å². The smallest absolute Gasteiger partial charge is 0.294 e. The number of carbonyl (C=O) groups excluding carboxylic acids is 1. The van der Waals surface area contributed by atoms with Crippen LogP contribution in [-0.4, -0.2) is 33.3 Å². The molecule has 1 aliphatic heterocycles. The van der Waals surface area contributed by atoms with E-state index in [-0.39, 0.29) is 11.9 Å².